The van der Waals surface area contributed by atoms with Crippen LogP contribution in [0, 0.1) is 0 Å². The van der Waals surface area contributed by atoms with Gasteiger partial charge in [0.2, 0.25) is 5.91 Å². The van der Waals surface area contributed by atoms with Crippen LogP contribution < -0.4 is 16.0 Å². The number of hydrogen-bond acceptors (Lipinski definition) is 5. The number of amides is 1. The Morgan fingerprint density at radius 2 is 2.07 bits per heavy atom. The fourth-order valence-electron chi connectivity index (χ4n) is 4.40. The van der Waals surface area contributed by atoms with Crippen LogP contribution in [0.25, 0.3) is 22.2 Å². The summed E-state index contributed by atoms with van der Waals surface area (Å²) < 4.78 is 0. The first-order valence-corrected chi connectivity index (χ1v) is 10.9. The van der Waals surface area contributed by atoms with E-state index in [1.165, 1.54) is 0 Å². The molecule has 0 bridgehead atoms. The van der Waals surface area contributed by atoms with Crippen molar-refractivity contribution >= 4 is 34.4 Å². The summed E-state index contributed by atoms with van der Waals surface area (Å²) in [5.74, 6) is 0.886. The number of carbonyl (C=O) groups excluding carboxylic acids is 1. The number of anilines is 1. The van der Waals surface area contributed by atoms with Crippen LogP contribution in [0.3, 0.4) is 0 Å². The molecule has 5 rings (SSSR count). The Morgan fingerprint density at radius 3 is 2.90 bits per heavy atom. The topological polar surface area (TPSA) is 94.7 Å². The summed E-state index contributed by atoms with van der Waals surface area (Å²) in [5, 5.41) is 11.4. The molecule has 3 unspecified atom stereocenters. The number of H-pyrrole nitrogens is 1. The molecule has 1 aliphatic carbocycles. The molecule has 156 valence electrons. The molecule has 4 N–H and O–H groups in total. The van der Waals surface area contributed by atoms with E-state index < -0.39 is 0 Å². The van der Waals surface area contributed by atoms with E-state index in [0.29, 0.717) is 5.15 Å². The van der Waals surface area contributed by atoms with E-state index >= 15 is 0 Å². The van der Waals surface area contributed by atoms with Gasteiger partial charge in [0.15, 0.2) is 0 Å². The number of nitrogens with zero attached hydrogens (tertiary/aromatic N) is 2. The van der Waals surface area contributed by atoms with Gasteiger partial charge in [-0.15, -0.1) is 0 Å². The van der Waals surface area contributed by atoms with Crippen LogP contribution in [0.2, 0.25) is 5.15 Å². The molecule has 1 aliphatic heterocycles. The lowest BCUT2D eigenvalue weighted by Crippen LogP contribution is -2.56. The maximum Gasteiger partial charge on any atom is 0.237 e. The molecular formula is C22H25ClN6O. The first-order chi connectivity index (χ1) is 14.7. The number of fused-ring (bicyclic) bond motifs is 1. The molecule has 3 atom stereocenters. The first kappa shape index (κ1) is 19.3. The molecule has 3 aromatic rings. The van der Waals surface area contributed by atoms with Gasteiger partial charge in [-0.2, -0.15) is 0 Å². The van der Waals surface area contributed by atoms with E-state index in [1.54, 1.807) is 6.20 Å². The number of aromatic amines is 1. The van der Waals surface area contributed by atoms with Crippen LogP contribution in [0.4, 0.5) is 5.82 Å². The van der Waals surface area contributed by atoms with Gasteiger partial charge in [-0.1, -0.05) is 11.6 Å². The van der Waals surface area contributed by atoms with Gasteiger partial charge < -0.3 is 20.9 Å². The van der Waals surface area contributed by atoms with Gasteiger partial charge in [0.25, 0.3) is 0 Å². The molecule has 0 spiro atoms. The monoisotopic (exact) mass is 424 g/mol. The summed E-state index contributed by atoms with van der Waals surface area (Å²) >= 11 is 6.35. The van der Waals surface area contributed by atoms with E-state index in [2.05, 4.69) is 30.9 Å². The summed E-state index contributed by atoms with van der Waals surface area (Å²) in [6.07, 6.45) is 8.68. The Morgan fingerprint density at radius 1 is 1.20 bits per heavy atom. The van der Waals surface area contributed by atoms with Crippen molar-refractivity contribution in [2.24, 2.45) is 0 Å². The Labute approximate surface area is 180 Å². The van der Waals surface area contributed by atoms with Crippen LogP contribution >= 0.6 is 11.6 Å². The second-order valence-electron chi connectivity index (χ2n) is 8.17. The van der Waals surface area contributed by atoms with Crippen molar-refractivity contribution < 1.29 is 4.79 Å². The number of hydrogen-bond donors (Lipinski definition) is 4. The molecule has 0 radical (unpaired) electrons. The zero-order valence-corrected chi connectivity index (χ0v) is 17.4. The van der Waals surface area contributed by atoms with Crippen LogP contribution in [0.5, 0.6) is 0 Å². The zero-order chi connectivity index (χ0) is 20.5. The minimum atomic E-state index is -0.0128. The normalized spacial score (nSPS) is 23.7. The average molecular weight is 425 g/mol. The molecule has 1 amide bonds. The number of halogens is 1. The van der Waals surface area contributed by atoms with E-state index in [0.717, 1.165) is 66.6 Å². The van der Waals surface area contributed by atoms with Gasteiger partial charge in [-0.3, -0.25) is 4.79 Å². The summed E-state index contributed by atoms with van der Waals surface area (Å²) in [6, 6.07) is 8.31. The highest BCUT2D eigenvalue weighted by Gasteiger charge is 2.29. The minimum Gasteiger partial charge on any atom is -0.367 e. The van der Waals surface area contributed by atoms with Crippen LogP contribution in [-0.2, 0) is 4.79 Å². The first-order valence-electron chi connectivity index (χ1n) is 10.6. The SMILES string of the molecule is O=C(NC1CCCC(Nc2cc(-c3c[nH]c4ncccc34)cc(Cl)n2)C1)C1CCN1. The summed E-state index contributed by atoms with van der Waals surface area (Å²) in [6.45, 7) is 0.933. The number of carbonyl (C=O) groups is 1. The van der Waals surface area contributed by atoms with E-state index in [9.17, 15) is 4.79 Å². The highest BCUT2D eigenvalue weighted by molar-refractivity contribution is 6.29. The third kappa shape index (κ3) is 4.00. The fourth-order valence-corrected chi connectivity index (χ4v) is 4.61. The number of nitrogens with one attached hydrogen (secondary N) is 4. The molecule has 2 aliphatic rings. The molecule has 8 heteroatoms. The van der Waals surface area contributed by atoms with Crippen molar-refractivity contribution in [1.29, 1.82) is 0 Å². The van der Waals surface area contributed by atoms with E-state index in [1.807, 2.05) is 30.5 Å². The van der Waals surface area contributed by atoms with Crippen molar-refractivity contribution in [3.63, 3.8) is 0 Å². The van der Waals surface area contributed by atoms with Gasteiger partial charge in [0, 0.05) is 35.4 Å². The largest absolute Gasteiger partial charge is 0.367 e. The molecule has 2 fully saturated rings. The molecule has 0 aromatic carbocycles. The quantitative estimate of drug-likeness (QED) is 0.470. The smallest absolute Gasteiger partial charge is 0.237 e. The van der Waals surface area contributed by atoms with Gasteiger partial charge in [0.1, 0.15) is 16.6 Å². The van der Waals surface area contributed by atoms with Gasteiger partial charge in [-0.05, 0) is 68.5 Å². The molecule has 4 heterocycles. The summed E-state index contributed by atoms with van der Waals surface area (Å²) in [4.78, 5) is 24.3. The van der Waals surface area contributed by atoms with E-state index in [4.69, 9.17) is 11.6 Å². The van der Waals surface area contributed by atoms with Crippen molar-refractivity contribution in [3.8, 4) is 11.1 Å². The van der Waals surface area contributed by atoms with Crippen LogP contribution in [0.15, 0.2) is 36.7 Å². The predicted molar refractivity (Wildman–Crippen MR) is 119 cm³/mol. The zero-order valence-electron chi connectivity index (χ0n) is 16.6. The van der Waals surface area contributed by atoms with Gasteiger partial charge in [-0.25, -0.2) is 9.97 Å². The second kappa shape index (κ2) is 8.24. The average Bonchev–Trinajstić information content (AvgIpc) is 3.10. The van der Waals surface area contributed by atoms with Crippen molar-refractivity contribution in [2.75, 3.05) is 11.9 Å². The summed E-state index contributed by atoms with van der Waals surface area (Å²) in [5.41, 5.74) is 2.89. The van der Waals surface area contributed by atoms with Crippen molar-refractivity contribution in [3.05, 3.63) is 41.8 Å². The highest BCUT2D eigenvalue weighted by Crippen LogP contribution is 2.31. The van der Waals surface area contributed by atoms with Crippen molar-refractivity contribution in [1.82, 2.24) is 25.6 Å². The molecule has 3 aromatic heterocycles. The molecule has 7 nitrogen and oxygen atoms in total. The van der Waals surface area contributed by atoms with Crippen molar-refractivity contribution in [2.45, 2.75) is 50.2 Å². The lowest BCUT2D eigenvalue weighted by molar-refractivity contribution is -0.125. The highest BCUT2D eigenvalue weighted by atomic mass is 35.5. The Hall–Kier alpha value is -2.64. The Bertz CT molecular complexity index is 1060. The lowest BCUT2D eigenvalue weighted by Gasteiger charge is -2.33. The third-order valence-electron chi connectivity index (χ3n) is 6.07. The predicted octanol–water partition coefficient (Wildman–Crippen LogP) is 3.48. The summed E-state index contributed by atoms with van der Waals surface area (Å²) in [7, 11) is 0. The molecular weight excluding hydrogens is 400 g/mol. The minimum absolute atomic E-state index is 0.0128. The second-order valence-corrected chi connectivity index (χ2v) is 8.56. The standard InChI is InChI=1S/C22H25ClN6O/c23-19-9-13(17-12-26-21-16(17)5-2-7-25-21)10-20(29-19)27-14-3-1-4-15(11-14)28-22(30)18-6-8-24-18/h2,5,7,9-10,12,14-15,18,24H,1,3-4,6,8,11H2,(H,25,26)(H,27,29)(H,28,30). The third-order valence-corrected chi connectivity index (χ3v) is 6.26. The maximum atomic E-state index is 12.3. The van der Waals surface area contributed by atoms with Crippen LogP contribution in [0.1, 0.15) is 32.1 Å². The fraction of sp³-hybridized carbons (Fsp3) is 0.409. The number of aromatic nitrogens is 3. The van der Waals surface area contributed by atoms with E-state index in [-0.39, 0.29) is 24.0 Å². The number of pyridine rings is 2. The molecule has 30 heavy (non-hydrogen) atoms. The van der Waals surface area contributed by atoms with Gasteiger partial charge >= 0.3 is 0 Å². The number of rotatable bonds is 5. The maximum absolute atomic E-state index is 12.3. The lowest BCUT2D eigenvalue weighted by atomic mass is 9.90. The molecule has 1 saturated heterocycles. The molecule has 1 saturated carbocycles. The van der Waals surface area contributed by atoms with Crippen LogP contribution in [-0.4, -0.2) is 45.5 Å². The van der Waals surface area contributed by atoms with Gasteiger partial charge in [0.05, 0.1) is 6.04 Å². The Balaban J connectivity index is 1.30. The Kier molecular flexibility index (Phi) is 5.31.